The smallest absolute Gasteiger partial charge is 0.356 e. The number of piperidine rings is 1. The highest BCUT2D eigenvalue weighted by molar-refractivity contribution is 7.94. The molecule has 1 aromatic heterocycles. The van der Waals surface area contributed by atoms with E-state index >= 15 is 0 Å². The molecule has 10 nitrogen and oxygen atoms in total. The van der Waals surface area contributed by atoms with Gasteiger partial charge in [0.2, 0.25) is 0 Å². The van der Waals surface area contributed by atoms with Gasteiger partial charge in [-0.1, -0.05) is 6.08 Å². The van der Waals surface area contributed by atoms with E-state index in [0.29, 0.717) is 25.2 Å². The van der Waals surface area contributed by atoms with E-state index in [0.717, 1.165) is 38.7 Å². The second kappa shape index (κ2) is 10.3. The Morgan fingerprint density at radius 1 is 1.29 bits per heavy atom. The summed E-state index contributed by atoms with van der Waals surface area (Å²) in [5.74, 6) is -0.0903. The van der Waals surface area contributed by atoms with Crippen LogP contribution in [0, 0.1) is 16.5 Å². The third kappa shape index (κ3) is 6.08. The topological polar surface area (TPSA) is 125 Å². The van der Waals surface area contributed by atoms with Crippen LogP contribution in [-0.2, 0) is 14.6 Å². The molecule has 1 fully saturated rings. The highest BCUT2D eigenvalue weighted by Crippen LogP contribution is 2.36. The van der Waals surface area contributed by atoms with E-state index in [1.54, 1.807) is 12.5 Å². The second-order valence-electron chi connectivity index (χ2n) is 7.41. The van der Waals surface area contributed by atoms with Crippen molar-refractivity contribution in [1.29, 1.82) is 0 Å². The van der Waals surface area contributed by atoms with Crippen LogP contribution in [0.5, 0.6) is 5.88 Å². The molecule has 0 amide bonds. The number of allylic oxidation sites excluding steroid dienone is 3. The predicted octanol–water partition coefficient (Wildman–Crippen LogP) is 2.18. The second-order valence-corrected chi connectivity index (χ2v) is 9.42. The quantitative estimate of drug-likeness (QED) is 0.315. The Morgan fingerprint density at radius 3 is 2.68 bits per heavy atom. The number of sulfone groups is 1. The molecule has 11 heteroatoms. The van der Waals surface area contributed by atoms with Gasteiger partial charge in [-0.25, -0.2) is 13.4 Å². The summed E-state index contributed by atoms with van der Waals surface area (Å²) in [6, 6.07) is 0. The van der Waals surface area contributed by atoms with Gasteiger partial charge in [-0.05, 0) is 44.3 Å². The summed E-state index contributed by atoms with van der Waals surface area (Å²) in [6.07, 6.45) is 8.55. The molecule has 2 aliphatic rings. The van der Waals surface area contributed by atoms with Crippen LogP contribution in [0.25, 0.3) is 5.57 Å². The average molecular weight is 452 g/mol. The number of nitro groups is 1. The van der Waals surface area contributed by atoms with Crippen molar-refractivity contribution in [3.05, 3.63) is 45.6 Å². The van der Waals surface area contributed by atoms with Crippen LogP contribution < -0.4 is 4.74 Å². The third-order valence-electron chi connectivity index (χ3n) is 5.20. The van der Waals surface area contributed by atoms with E-state index < -0.39 is 14.8 Å². The van der Waals surface area contributed by atoms with Gasteiger partial charge in [0.25, 0.3) is 5.88 Å². The van der Waals surface area contributed by atoms with Crippen LogP contribution >= 0.6 is 0 Å². The number of likely N-dealkylation sites (tertiary alicyclic amines) is 1. The molecule has 1 saturated heterocycles. The number of aromatic nitrogens is 2. The first-order valence-corrected chi connectivity index (χ1v) is 12.1. The maximum atomic E-state index is 11.9. The van der Waals surface area contributed by atoms with E-state index in [-0.39, 0.29) is 28.3 Å². The summed E-state index contributed by atoms with van der Waals surface area (Å²) < 4.78 is 35.1. The first kappa shape index (κ1) is 23.3. The number of hydrogen-bond acceptors (Lipinski definition) is 9. The van der Waals surface area contributed by atoms with Crippen molar-refractivity contribution in [2.24, 2.45) is 0 Å². The molecule has 0 atom stereocenters. The standard InChI is InChI=1S/C20H27N4O6S/c1-3-29-12-11-23-9-7-16(8-10-23)30-20-19(24(25)26)18(21-14-22-20)15-5-4-6-17(13-15)31(2,27)28/h5-6,13-14,16H,3-4,7-12H2,1-2H3. The van der Waals surface area contributed by atoms with Crippen LogP contribution in [0.15, 0.2) is 23.4 Å². The molecule has 31 heavy (non-hydrogen) atoms. The minimum Gasteiger partial charge on any atom is -0.469 e. The minimum absolute atomic E-state index is 0.0541. The molecule has 0 aromatic carbocycles. The molecule has 0 bridgehead atoms. The predicted molar refractivity (Wildman–Crippen MR) is 115 cm³/mol. The van der Waals surface area contributed by atoms with Crippen molar-refractivity contribution < 1.29 is 22.8 Å². The molecule has 0 N–H and O–H groups in total. The fourth-order valence-electron chi connectivity index (χ4n) is 3.57. The maximum absolute atomic E-state index is 11.9. The van der Waals surface area contributed by atoms with Crippen molar-refractivity contribution in [3.8, 4) is 5.88 Å². The first-order chi connectivity index (χ1) is 14.8. The average Bonchev–Trinajstić information content (AvgIpc) is 2.74. The summed E-state index contributed by atoms with van der Waals surface area (Å²) in [5, 5.41) is 11.9. The molecule has 1 radical (unpaired) electrons. The Labute approximate surface area is 182 Å². The van der Waals surface area contributed by atoms with Crippen molar-refractivity contribution in [2.45, 2.75) is 32.3 Å². The summed E-state index contributed by atoms with van der Waals surface area (Å²) >= 11 is 0. The molecule has 1 aliphatic carbocycles. The van der Waals surface area contributed by atoms with E-state index in [1.807, 2.05) is 6.92 Å². The van der Waals surface area contributed by atoms with Crippen LogP contribution in [0.1, 0.15) is 31.9 Å². The van der Waals surface area contributed by atoms with E-state index in [1.165, 1.54) is 12.4 Å². The lowest BCUT2D eigenvalue weighted by Gasteiger charge is -2.31. The van der Waals surface area contributed by atoms with Crippen LogP contribution in [0.4, 0.5) is 5.69 Å². The van der Waals surface area contributed by atoms with Crippen molar-refractivity contribution in [3.63, 3.8) is 0 Å². The Bertz CT molecular complexity index is 968. The van der Waals surface area contributed by atoms with Gasteiger partial charge in [-0.15, -0.1) is 0 Å². The zero-order chi connectivity index (χ0) is 22.4. The molecule has 0 unspecified atom stereocenters. The molecule has 3 rings (SSSR count). The van der Waals surface area contributed by atoms with Gasteiger partial charge in [-0.3, -0.25) is 10.1 Å². The van der Waals surface area contributed by atoms with Gasteiger partial charge < -0.3 is 14.4 Å². The summed E-state index contributed by atoms with van der Waals surface area (Å²) in [5.41, 5.74) is 0.0737. The lowest BCUT2D eigenvalue weighted by atomic mass is 10.0. The fraction of sp³-hybridized carbons (Fsp3) is 0.550. The largest absolute Gasteiger partial charge is 0.469 e. The monoisotopic (exact) mass is 451 g/mol. The molecular weight excluding hydrogens is 424 g/mol. The SMILES string of the molecule is CCOCCN1CCC(Oc2ncnc(C3=CC(S(C)(=O)=O)=CC[CH]3)c2[N+](=O)[O-])CC1. The van der Waals surface area contributed by atoms with Gasteiger partial charge in [0.05, 0.1) is 16.4 Å². The van der Waals surface area contributed by atoms with Gasteiger partial charge in [-0.2, -0.15) is 4.98 Å². The van der Waals surface area contributed by atoms with Crippen molar-refractivity contribution in [2.75, 3.05) is 39.1 Å². The number of ether oxygens (including phenoxy) is 2. The van der Waals surface area contributed by atoms with E-state index in [2.05, 4.69) is 14.9 Å². The van der Waals surface area contributed by atoms with E-state index in [4.69, 9.17) is 9.47 Å². The molecule has 1 aliphatic heterocycles. The Hall–Kier alpha value is -2.37. The van der Waals surface area contributed by atoms with Crippen LogP contribution in [-0.4, -0.2) is 73.4 Å². The van der Waals surface area contributed by atoms with Gasteiger partial charge in [0, 0.05) is 32.5 Å². The first-order valence-electron chi connectivity index (χ1n) is 10.2. The fourth-order valence-corrected chi connectivity index (χ4v) is 4.31. The van der Waals surface area contributed by atoms with Gasteiger partial charge >= 0.3 is 5.69 Å². The van der Waals surface area contributed by atoms with Gasteiger partial charge in [0.1, 0.15) is 12.4 Å². The zero-order valence-electron chi connectivity index (χ0n) is 17.7. The Kier molecular flexibility index (Phi) is 7.74. The normalized spacial score (nSPS) is 18.4. The lowest BCUT2D eigenvalue weighted by molar-refractivity contribution is -0.387. The number of rotatable bonds is 9. The summed E-state index contributed by atoms with van der Waals surface area (Å²) in [6.45, 7) is 5.80. The Morgan fingerprint density at radius 2 is 2.03 bits per heavy atom. The molecule has 2 heterocycles. The number of nitrogens with zero attached hydrogens (tertiary/aromatic N) is 4. The van der Waals surface area contributed by atoms with E-state index in [9.17, 15) is 18.5 Å². The maximum Gasteiger partial charge on any atom is 0.356 e. The third-order valence-corrected chi connectivity index (χ3v) is 6.34. The van der Waals surface area contributed by atoms with Gasteiger partial charge in [0.15, 0.2) is 15.5 Å². The zero-order valence-corrected chi connectivity index (χ0v) is 18.5. The molecule has 1 aromatic rings. The Balaban J connectivity index is 1.77. The van der Waals surface area contributed by atoms with Crippen molar-refractivity contribution >= 4 is 21.1 Å². The number of hydrogen-bond donors (Lipinski definition) is 0. The van der Waals surface area contributed by atoms with Crippen LogP contribution in [0.3, 0.4) is 0 Å². The van der Waals surface area contributed by atoms with Crippen molar-refractivity contribution in [1.82, 2.24) is 14.9 Å². The molecular formula is C20H27N4O6S. The summed E-state index contributed by atoms with van der Waals surface area (Å²) in [7, 11) is -3.44. The lowest BCUT2D eigenvalue weighted by Crippen LogP contribution is -2.40. The highest BCUT2D eigenvalue weighted by Gasteiger charge is 2.31. The highest BCUT2D eigenvalue weighted by atomic mass is 32.2. The summed E-state index contributed by atoms with van der Waals surface area (Å²) in [4.78, 5) is 21.7. The molecule has 0 saturated carbocycles. The molecule has 0 spiro atoms. The minimum atomic E-state index is -3.44. The molecule has 169 valence electrons. The van der Waals surface area contributed by atoms with Crippen LogP contribution in [0.2, 0.25) is 0 Å².